The highest BCUT2D eigenvalue weighted by Gasteiger charge is 2.41. The zero-order valence-electron chi connectivity index (χ0n) is 12.7. The van der Waals surface area contributed by atoms with Gasteiger partial charge in [-0.25, -0.2) is 12.8 Å². The number of carbonyl (C=O) groups excluding carboxylic acids is 1. The van der Waals surface area contributed by atoms with Crippen LogP contribution < -0.4 is 0 Å². The van der Waals surface area contributed by atoms with Crippen LogP contribution in [0.4, 0.5) is 4.39 Å². The molecule has 0 unspecified atom stereocenters. The minimum atomic E-state index is -3.12. The Morgan fingerprint density at radius 2 is 1.91 bits per heavy atom. The molecule has 1 N–H and O–H groups in total. The summed E-state index contributed by atoms with van der Waals surface area (Å²) in [5.74, 6) is -1.10. The summed E-state index contributed by atoms with van der Waals surface area (Å²) < 4.78 is 36.1. The highest BCUT2D eigenvalue weighted by atomic mass is 32.2. The molecule has 1 amide bonds. The number of nitrogens with zero attached hydrogens (tertiary/aromatic N) is 1. The Morgan fingerprint density at radius 1 is 1.26 bits per heavy atom. The van der Waals surface area contributed by atoms with E-state index >= 15 is 0 Å². The maximum Gasteiger partial charge on any atom is 0.227 e. The first-order chi connectivity index (χ1) is 10.9. The second kappa shape index (κ2) is 6.20. The Kier molecular flexibility index (Phi) is 4.42. The number of sulfone groups is 1. The first-order valence-corrected chi connectivity index (χ1v) is 9.62. The Bertz CT molecular complexity index is 685. The largest absolute Gasteiger partial charge is 0.387 e. The number of aliphatic hydroxyl groups is 1. The monoisotopic (exact) mass is 341 g/mol. The number of benzene rings is 1. The van der Waals surface area contributed by atoms with Gasteiger partial charge in [-0.2, -0.15) is 0 Å². The molecule has 2 aliphatic rings. The van der Waals surface area contributed by atoms with Crippen molar-refractivity contribution >= 4 is 15.7 Å². The van der Waals surface area contributed by atoms with E-state index in [1.165, 1.54) is 24.3 Å². The molecule has 0 spiro atoms. The molecule has 1 saturated carbocycles. The smallest absolute Gasteiger partial charge is 0.227 e. The second-order valence-corrected chi connectivity index (χ2v) is 8.62. The van der Waals surface area contributed by atoms with Gasteiger partial charge in [0.25, 0.3) is 0 Å². The van der Waals surface area contributed by atoms with E-state index in [1.54, 1.807) is 4.90 Å². The standard InChI is InChI=1S/C16H20FNO4S/c17-13-3-1-11(2-4-13)15(19)9-18(14-5-6-14)16(20)12-7-8-23(21,22)10-12/h1-4,12,14-15,19H,5-10H2/t12-,15+/m0/s1. The number of amides is 1. The van der Waals surface area contributed by atoms with Gasteiger partial charge < -0.3 is 10.0 Å². The lowest BCUT2D eigenvalue weighted by atomic mass is 10.1. The van der Waals surface area contributed by atoms with Crippen molar-refractivity contribution in [3.63, 3.8) is 0 Å². The minimum Gasteiger partial charge on any atom is -0.387 e. The maximum absolute atomic E-state index is 13.0. The van der Waals surface area contributed by atoms with Crippen LogP contribution in [0.2, 0.25) is 0 Å². The molecule has 5 nitrogen and oxygen atoms in total. The summed E-state index contributed by atoms with van der Waals surface area (Å²) in [5.41, 5.74) is 0.545. The van der Waals surface area contributed by atoms with Crippen LogP contribution in [0.5, 0.6) is 0 Å². The molecular weight excluding hydrogens is 321 g/mol. The third-order valence-electron chi connectivity index (χ3n) is 4.48. The first kappa shape index (κ1) is 16.4. The van der Waals surface area contributed by atoms with Gasteiger partial charge in [-0.15, -0.1) is 0 Å². The van der Waals surface area contributed by atoms with E-state index in [9.17, 15) is 22.7 Å². The van der Waals surface area contributed by atoms with E-state index in [0.717, 1.165) is 12.8 Å². The summed E-state index contributed by atoms with van der Waals surface area (Å²) >= 11 is 0. The van der Waals surface area contributed by atoms with Crippen molar-refractivity contribution in [2.45, 2.75) is 31.4 Å². The average molecular weight is 341 g/mol. The fraction of sp³-hybridized carbons (Fsp3) is 0.562. The van der Waals surface area contributed by atoms with Crippen LogP contribution in [-0.4, -0.2) is 48.4 Å². The van der Waals surface area contributed by atoms with Crippen molar-refractivity contribution in [1.29, 1.82) is 0 Å². The van der Waals surface area contributed by atoms with E-state index in [4.69, 9.17) is 0 Å². The summed E-state index contributed by atoms with van der Waals surface area (Å²) in [6.45, 7) is 0.117. The van der Waals surface area contributed by atoms with Crippen LogP contribution in [-0.2, 0) is 14.6 Å². The Labute approximate surface area is 135 Å². The van der Waals surface area contributed by atoms with E-state index in [1.807, 2.05) is 0 Å². The van der Waals surface area contributed by atoms with E-state index in [-0.39, 0.29) is 35.8 Å². The number of rotatable bonds is 5. The number of hydrogen-bond donors (Lipinski definition) is 1. The van der Waals surface area contributed by atoms with Crippen LogP contribution in [0.15, 0.2) is 24.3 Å². The number of aliphatic hydroxyl groups excluding tert-OH is 1. The van der Waals surface area contributed by atoms with Gasteiger partial charge in [-0.05, 0) is 37.0 Å². The van der Waals surface area contributed by atoms with Crippen LogP contribution in [0.3, 0.4) is 0 Å². The molecule has 1 saturated heterocycles. The van der Waals surface area contributed by atoms with Crippen molar-refractivity contribution in [1.82, 2.24) is 4.90 Å². The molecule has 1 aromatic carbocycles. The van der Waals surface area contributed by atoms with Crippen molar-refractivity contribution in [3.05, 3.63) is 35.6 Å². The maximum atomic E-state index is 13.0. The molecule has 0 aromatic heterocycles. The van der Waals surface area contributed by atoms with Gasteiger partial charge in [0.05, 0.1) is 30.1 Å². The van der Waals surface area contributed by atoms with Gasteiger partial charge in [0.15, 0.2) is 9.84 Å². The number of carbonyl (C=O) groups is 1. The van der Waals surface area contributed by atoms with Gasteiger partial charge >= 0.3 is 0 Å². The van der Waals surface area contributed by atoms with E-state index in [0.29, 0.717) is 12.0 Å². The molecule has 1 aliphatic heterocycles. The minimum absolute atomic E-state index is 0.0580. The van der Waals surface area contributed by atoms with Crippen LogP contribution >= 0.6 is 0 Å². The predicted molar refractivity (Wildman–Crippen MR) is 82.9 cm³/mol. The third kappa shape index (κ3) is 3.90. The SMILES string of the molecule is O=C([C@H]1CCS(=O)(=O)C1)N(C[C@@H](O)c1ccc(F)cc1)C1CC1. The second-order valence-electron chi connectivity index (χ2n) is 6.39. The molecule has 126 valence electrons. The molecule has 7 heteroatoms. The summed E-state index contributed by atoms with van der Waals surface area (Å²) in [6, 6.07) is 5.61. The highest BCUT2D eigenvalue weighted by Crippen LogP contribution is 2.32. The lowest BCUT2D eigenvalue weighted by Gasteiger charge is -2.27. The first-order valence-electron chi connectivity index (χ1n) is 7.80. The van der Waals surface area contributed by atoms with Crippen molar-refractivity contribution < 1.29 is 22.7 Å². The lowest BCUT2D eigenvalue weighted by molar-refractivity contribution is -0.136. The predicted octanol–water partition coefficient (Wildman–Crippen LogP) is 1.28. The van der Waals surface area contributed by atoms with Crippen molar-refractivity contribution in [2.24, 2.45) is 5.92 Å². The molecule has 1 heterocycles. The average Bonchev–Trinajstić information content (AvgIpc) is 3.28. The van der Waals surface area contributed by atoms with Gasteiger partial charge in [0.2, 0.25) is 5.91 Å². The quantitative estimate of drug-likeness (QED) is 0.876. The highest BCUT2D eigenvalue weighted by molar-refractivity contribution is 7.91. The van der Waals surface area contributed by atoms with Crippen LogP contribution in [0, 0.1) is 11.7 Å². The molecule has 2 fully saturated rings. The molecular formula is C16H20FNO4S. The topological polar surface area (TPSA) is 74.7 Å². The van der Waals surface area contributed by atoms with Crippen molar-refractivity contribution in [3.8, 4) is 0 Å². The summed E-state index contributed by atoms with van der Waals surface area (Å²) in [5, 5.41) is 10.3. The van der Waals surface area contributed by atoms with Gasteiger partial charge in [0.1, 0.15) is 5.82 Å². The fourth-order valence-electron chi connectivity index (χ4n) is 3.01. The molecule has 1 aromatic rings. The van der Waals surface area contributed by atoms with Crippen LogP contribution in [0.1, 0.15) is 30.9 Å². The summed E-state index contributed by atoms with van der Waals surface area (Å²) in [4.78, 5) is 14.2. The number of hydrogen-bond acceptors (Lipinski definition) is 4. The molecule has 3 rings (SSSR count). The normalized spacial score (nSPS) is 24.3. The Hall–Kier alpha value is -1.47. The summed E-state index contributed by atoms with van der Waals surface area (Å²) in [7, 11) is -3.12. The summed E-state index contributed by atoms with van der Waals surface area (Å²) in [6.07, 6.45) is 1.21. The van der Waals surface area contributed by atoms with Gasteiger partial charge in [-0.3, -0.25) is 4.79 Å². The van der Waals surface area contributed by atoms with Gasteiger partial charge in [0, 0.05) is 6.04 Å². The third-order valence-corrected chi connectivity index (χ3v) is 6.24. The van der Waals surface area contributed by atoms with Gasteiger partial charge in [-0.1, -0.05) is 12.1 Å². The zero-order valence-corrected chi connectivity index (χ0v) is 13.5. The van der Waals surface area contributed by atoms with E-state index in [2.05, 4.69) is 0 Å². The zero-order chi connectivity index (χ0) is 16.6. The number of halogens is 1. The van der Waals surface area contributed by atoms with Crippen LogP contribution in [0.25, 0.3) is 0 Å². The molecule has 2 atom stereocenters. The Morgan fingerprint density at radius 3 is 2.43 bits per heavy atom. The molecule has 23 heavy (non-hydrogen) atoms. The fourth-order valence-corrected chi connectivity index (χ4v) is 4.74. The Balaban J connectivity index is 1.69. The molecule has 0 radical (unpaired) electrons. The lowest BCUT2D eigenvalue weighted by Crippen LogP contribution is -2.41. The van der Waals surface area contributed by atoms with Crippen molar-refractivity contribution in [2.75, 3.05) is 18.1 Å². The molecule has 0 bridgehead atoms. The van der Waals surface area contributed by atoms with E-state index < -0.39 is 21.9 Å². The molecule has 1 aliphatic carbocycles.